The number of aryl methyl sites for hydroxylation is 1. The number of rotatable bonds is 5. The number of hydrogen-bond acceptors (Lipinski definition) is 6. The van der Waals surface area contributed by atoms with Crippen LogP contribution in [0.2, 0.25) is 0 Å². The van der Waals surface area contributed by atoms with E-state index in [4.69, 9.17) is 10.8 Å². The van der Waals surface area contributed by atoms with E-state index in [0.717, 1.165) is 41.7 Å². The van der Waals surface area contributed by atoms with Crippen LogP contribution in [-0.4, -0.2) is 38.2 Å². The molecule has 1 aliphatic carbocycles. The lowest BCUT2D eigenvalue weighted by atomic mass is 9.97. The third-order valence-corrected chi connectivity index (χ3v) is 7.68. The Hall–Kier alpha value is -3.78. The zero-order chi connectivity index (χ0) is 25.0. The maximum atomic E-state index is 13.2. The Kier molecular flexibility index (Phi) is 5.48. The molecule has 2 bridgehead atoms. The van der Waals surface area contributed by atoms with Crippen LogP contribution in [-0.2, 0) is 0 Å². The molecule has 3 heterocycles. The molecular formula is C28H31N7O. The largest absolute Gasteiger partial charge is 0.383 e. The first-order valence-electron chi connectivity index (χ1n) is 12.6. The zero-order valence-corrected chi connectivity index (χ0v) is 20.8. The number of carbonyl (C=O) groups excluding carboxylic acids is 1. The minimum Gasteiger partial charge on any atom is -0.383 e. The second-order valence-corrected chi connectivity index (χ2v) is 10.4. The average molecular weight is 482 g/mol. The van der Waals surface area contributed by atoms with Gasteiger partial charge in [-0.05, 0) is 73.5 Å². The first-order chi connectivity index (χ1) is 17.4. The van der Waals surface area contributed by atoms with Crippen LogP contribution >= 0.6 is 0 Å². The van der Waals surface area contributed by atoms with Crippen LogP contribution in [0.5, 0.6) is 0 Å². The molecule has 3 atom stereocenters. The summed E-state index contributed by atoms with van der Waals surface area (Å²) >= 11 is 0. The van der Waals surface area contributed by atoms with Crippen molar-refractivity contribution in [2.24, 2.45) is 5.92 Å². The molecule has 1 saturated carbocycles. The van der Waals surface area contributed by atoms with Gasteiger partial charge in [0, 0.05) is 22.9 Å². The first kappa shape index (κ1) is 22.7. The SMILES string of the molecule is Cc1cc(NC(=O)c2cccc(-c3nn(C4CC5CNC4C5)c4ncnc(N)c34)c2)ccc1C(C)C. The molecule has 2 aromatic carbocycles. The molecule has 1 aliphatic heterocycles. The van der Waals surface area contributed by atoms with E-state index in [-0.39, 0.29) is 11.9 Å². The second-order valence-electron chi connectivity index (χ2n) is 10.4. The van der Waals surface area contributed by atoms with Gasteiger partial charge in [-0.25, -0.2) is 14.6 Å². The van der Waals surface area contributed by atoms with Gasteiger partial charge in [-0.2, -0.15) is 5.10 Å². The molecule has 8 nitrogen and oxygen atoms in total. The highest BCUT2D eigenvalue weighted by Gasteiger charge is 2.42. The number of nitrogens with one attached hydrogen (secondary N) is 2. The van der Waals surface area contributed by atoms with E-state index in [1.165, 1.54) is 17.5 Å². The van der Waals surface area contributed by atoms with Gasteiger partial charge in [0.2, 0.25) is 0 Å². The fourth-order valence-corrected chi connectivity index (χ4v) is 5.93. The van der Waals surface area contributed by atoms with E-state index in [1.807, 2.05) is 41.1 Å². The number of hydrogen-bond donors (Lipinski definition) is 3. The van der Waals surface area contributed by atoms with E-state index in [2.05, 4.69) is 47.4 Å². The summed E-state index contributed by atoms with van der Waals surface area (Å²) in [6.45, 7) is 7.48. The number of anilines is 2. The Bertz CT molecular complexity index is 1470. The van der Waals surface area contributed by atoms with Crippen LogP contribution in [0.4, 0.5) is 11.5 Å². The molecule has 36 heavy (non-hydrogen) atoms. The number of aromatic nitrogens is 4. The molecule has 1 amide bonds. The lowest BCUT2D eigenvalue weighted by Gasteiger charge is -2.23. The van der Waals surface area contributed by atoms with Crippen LogP contribution in [0, 0.1) is 12.8 Å². The quantitative estimate of drug-likeness (QED) is 0.382. The van der Waals surface area contributed by atoms with Crippen molar-refractivity contribution >= 4 is 28.4 Å². The lowest BCUT2D eigenvalue weighted by Crippen LogP contribution is -2.35. The number of amides is 1. The number of benzene rings is 2. The third-order valence-electron chi connectivity index (χ3n) is 7.68. The van der Waals surface area contributed by atoms with Crippen molar-refractivity contribution in [1.29, 1.82) is 0 Å². The fraction of sp³-hybridized carbons (Fsp3) is 0.357. The molecule has 184 valence electrons. The van der Waals surface area contributed by atoms with E-state index in [1.54, 1.807) is 0 Å². The van der Waals surface area contributed by atoms with Gasteiger partial charge in [0.05, 0.1) is 11.4 Å². The summed E-state index contributed by atoms with van der Waals surface area (Å²) in [5.41, 5.74) is 12.4. The predicted molar refractivity (Wildman–Crippen MR) is 142 cm³/mol. The fourth-order valence-electron chi connectivity index (χ4n) is 5.93. The van der Waals surface area contributed by atoms with Gasteiger partial charge in [-0.3, -0.25) is 4.79 Å². The number of carbonyl (C=O) groups is 1. The van der Waals surface area contributed by atoms with Gasteiger partial charge >= 0.3 is 0 Å². The summed E-state index contributed by atoms with van der Waals surface area (Å²) in [6.07, 6.45) is 3.74. The van der Waals surface area contributed by atoms with Crippen molar-refractivity contribution in [2.45, 2.75) is 51.6 Å². The van der Waals surface area contributed by atoms with Crippen molar-refractivity contribution in [1.82, 2.24) is 25.1 Å². The van der Waals surface area contributed by atoms with Crippen molar-refractivity contribution in [3.8, 4) is 11.3 Å². The lowest BCUT2D eigenvalue weighted by molar-refractivity contribution is 0.102. The molecule has 1 saturated heterocycles. The second kappa shape index (κ2) is 8.71. The van der Waals surface area contributed by atoms with Gasteiger partial charge < -0.3 is 16.4 Å². The average Bonchev–Trinajstić information content (AvgIpc) is 3.59. The molecule has 4 aromatic rings. The molecule has 2 fully saturated rings. The van der Waals surface area contributed by atoms with Crippen LogP contribution in [0.15, 0.2) is 48.8 Å². The minimum atomic E-state index is -0.168. The topological polar surface area (TPSA) is 111 Å². The summed E-state index contributed by atoms with van der Waals surface area (Å²) in [5.74, 6) is 1.34. The molecular weight excluding hydrogens is 450 g/mol. The maximum absolute atomic E-state index is 13.2. The number of nitrogens with two attached hydrogens (primary N) is 1. The number of nitrogen functional groups attached to an aromatic ring is 1. The van der Waals surface area contributed by atoms with Crippen LogP contribution in [0.3, 0.4) is 0 Å². The Morgan fingerprint density at radius 1 is 1.17 bits per heavy atom. The van der Waals surface area contributed by atoms with E-state index in [9.17, 15) is 4.79 Å². The molecule has 0 spiro atoms. The molecule has 3 unspecified atom stereocenters. The Balaban J connectivity index is 1.34. The number of piperidine rings is 1. The highest BCUT2D eigenvalue weighted by atomic mass is 16.1. The van der Waals surface area contributed by atoms with E-state index in [0.29, 0.717) is 35.0 Å². The molecule has 6 rings (SSSR count). The smallest absolute Gasteiger partial charge is 0.255 e. The summed E-state index contributed by atoms with van der Waals surface area (Å²) in [7, 11) is 0. The predicted octanol–water partition coefficient (Wildman–Crippen LogP) is 4.68. The summed E-state index contributed by atoms with van der Waals surface area (Å²) in [4.78, 5) is 22.0. The number of fused-ring (bicyclic) bond motifs is 3. The summed E-state index contributed by atoms with van der Waals surface area (Å²) in [6, 6.07) is 14.2. The Labute approximate surface area is 210 Å². The third kappa shape index (κ3) is 3.82. The maximum Gasteiger partial charge on any atom is 0.255 e. The van der Waals surface area contributed by atoms with Gasteiger partial charge in [0.1, 0.15) is 17.8 Å². The van der Waals surface area contributed by atoms with Gasteiger partial charge in [-0.1, -0.05) is 32.0 Å². The van der Waals surface area contributed by atoms with Gasteiger partial charge in [-0.15, -0.1) is 0 Å². The van der Waals surface area contributed by atoms with Crippen molar-refractivity contribution in [2.75, 3.05) is 17.6 Å². The zero-order valence-electron chi connectivity index (χ0n) is 20.8. The molecule has 4 N–H and O–H groups in total. The van der Waals surface area contributed by atoms with Crippen LogP contribution in [0.1, 0.15) is 60.1 Å². The summed E-state index contributed by atoms with van der Waals surface area (Å²) < 4.78 is 2.02. The van der Waals surface area contributed by atoms with Crippen LogP contribution < -0.4 is 16.4 Å². The number of nitrogens with zero attached hydrogens (tertiary/aromatic N) is 4. The monoisotopic (exact) mass is 481 g/mol. The standard InChI is InChI=1S/C28H31N7O/c1-15(2)21-8-7-20(9-16(21)3)33-28(36)19-6-4-5-18(12-19)25-24-26(29)31-14-32-27(24)35(34-25)23-11-17-10-22(23)30-13-17/h4-9,12,14-15,17,22-23,30H,10-11,13H2,1-3H3,(H,33,36)(H2,29,31,32). The van der Waals surface area contributed by atoms with Crippen molar-refractivity contribution in [3.05, 3.63) is 65.5 Å². The molecule has 2 aromatic heterocycles. The van der Waals surface area contributed by atoms with Crippen molar-refractivity contribution in [3.63, 3.8) is 0 Å². The van der Waals surface area contributed by atoms with Gasteiger partial charge in [0.15, 0.2) is 5.65 Å². The minimum absolute atomic E-state index is 0.168. The van der Waals surface area contributed by atoms with Crippen LogP contribution in [0.25, 0.3) is 22.3 Å². The Morgan fingerprint density at radius 3 is 2.75 bits per heavy atom. The van der Waals surface area contributed by atoms with Crippen molar-refractivity contribution < 1.29 is 4.79 Å². The summed E-state index contributed by atoms with van der Waals surface area (Å²) in [5, 5.41) is 12.4. The highest BCUT2D eigenvalue weighted by molar-refractivity contribution is 6.06. The normalized spacial score (nSPS) is 20.9. The molecule has 8 heteroatoms. The van der Waals surface area contributed by atoms with E-state index >= 15 is 0 Å². The first-order valence-corrected chi connectivity index (χ1v) is 12.6. The highest BCUT2D eigenvalue weighted by Crippen LogP contribution is 2.42. The van der Waals surface area contributed by atoms with Gasteiger partial charge in [0.25, 0.3) is 5.91 Å². The Morgan fingerprint density at radius 2 is 2.03 bits per heavy atom. The van der Waals surface area contributed by atoms with E-state index < -0.39 is 0 Å². The molecule has 2 aliphatic rings. The molecule has 0 radical (unpaired) electrons.